The summed E-state index contributed by atoms with van der Waals surface area (Å²) < 4.78 is 10.8. The van der Waals surface area contributed by atoms with E-state index in [0.717, 1.165) is 5.56 Å². The molecule has 3 heteroatoms. The van der Waals surface area contributed by atoms with E-state index in [1.54, 1.807) is 0 Å². The van der Waals surface area contributed by atoms with Crippen LogP contribution in [0.1, 0.15) is 5.56 Å². The number of rotatable bonds is 3. The third-order valence-electron chi connectivity index (χ3n) is 2.57. The number of ether oxygens (including phenoxy) is 2. The SMILES string of the molecule is C#C[C@H]1OC[C@@H](O)[C@@H]1OCc1ccccc1. The fourth-order valence-corrected chi connectivity index (χ4v) is 1.70. The van der Waals surface area contributed by atoms with E-state index >= 15 is 0 Å². The van der Waals surface area contributed by atoms with Gasteiger partial charge in [-0.05, 0) is 5.56 Å². The molecule has 1 aromatic rings. The van der Waals surface area contributed by atoms with Gasteiger partial charge in [0.05, 0.1) is 13.2 Å². The maximum absolute atomic E-state index is 9.62. The van der Waals surface area contributed by atoms with Crippen LogP contribution in [-0.2, 0) is 16.1 Å². The summed E-state index contributed by atoms with van der Waals surface area (Å²) in [6, 6.07) is 9.76. The normalized spacial score (nSPS) is 28.9. The van der Waals surface area contributed by atoms with Crippen molar-refractivity contribution in [1.29, 1.82) is 0 Å². The van der Waals surface area contributed by atoms with Gasteiger partial charge in [0, 0.05) is 0 Å². The number of hydrogen-bond acceptors (Lipinski definition) is 3. The summed E-state index contributed by atoms with van der Waals surface area (Å²) in [7, 11) is 0. The van der Waals surface area contributed by atoms with Crippen LogP contribution in [0, 0.1) is 12.3 Å². The largest absolute Gasteiger partial charge is 0.388 e. The minimum Gasteiger partial charge on any atom is -0.388 e. The number of aliphatic hydroxyl groups excluding tert-OH is 1. The Kier molecular flexibility index (Phi) is 3.58. The zero-order chi connectivity index (χ0) is 11.4. The summed E-state index contributed by atoms with van der Waals surface area (Å²) in [6.07, 6.45) is 3.78. The molecule has 0 radical (unpaired) electrons. The highest BCUT2D eigenvalue weighted by Gasteiger charge is 2.35. The lowest BCUT2D eigenvalue weighted by Crippen LogP contribution is -2.32. The van der Waals surface area contributed by atoms with E-state index in [9.17, 15) is 5.11 Å². The average molecular weight is 218 g/mol. The van der Waals surface area contributed by atoms with Gasteiger partial charge >= 0.3 is 0 Å². The van der Waals surface area contributed by atoms with E-state index in [-0.39, 0.29) is 6.61 Å². The first-order valence-corrected chi connectivity index (χ1v) is 5.22. The molecule has 16 heavy (non-hydrogen) atoms. The third kappa shape index (κ3) is 2.42. The molecule has 0 saturated carbocycles. The second-order valence-electron chi connectivity index (χ2n) is 3.75. The maximum Gasteiger partial charge on any atom is 0.146 e. The van der Waals surface area contributed by atoms with Crippen molar-refractivity contribution in [2.45, 2.75) is 24.9 Å². The van der Waals surface area contributed by atoms with Gasteiger partial charge in [-0.25, -0.2) is 0 Å². The molecule has 1 saturated heterocycles. The molecule has 1 aliphatic rings. The van der Waals surface area contributed by atoms with Crippen LogP contribution in [0.25, 0.3) is 0 Å². The van der Waals surface area contributed by atoms with Crippen molar-refractivity contribution < 1.29 is 14.6 Å². The molecule has 1 N–H and O–H groups in total. The van der Waals surface area contributed by atoms with Crippen molar-refractivity contribution in [3.05, 3.63) is 35.9 Å². The molecule has 1 heterocycles. The van der Waals surface area contributed by atoms with Crippen LogP contribution >= 0.6 is 0 Å². The lowest BCUT2D eigenvalue weighted by atomic mass is 10.1. The third-order valence-corrected chi connectivity index (χ3v) is 2.57. The topological polar surface area (TPSA) is 38.7 Å². The summed E-state index contributed by atoms with van der Waals surface area (Å²) in [6.45, 7) is 0.679. The van der Waals surface area contributed by atoms with Crippen molar-refractivity contribution in [2.75, 3.05) is 6.61 Å². The quantitative estimate of drug-likeness (QED) is 0.768. The molecule has 1 aromatic carbocycles. The lowest BCUT2D eigenvalue weighted by molar-refractivity contribution is -0.0317. The molecule has 0 unspecified atom stereocenters. The van der Waals surface area contributed by atoms with E-state index in [0.29, 0.717) is 6.61 Å². The smallest absolute Gasteiger partial charge is 0.146 e. The van der Waals surface area contributed by atoms with E-state index in [2.05, 4.69) is 5.92 Å². The zero-order valence-corrected chi connectivity index (χ0v) is 8.87. The van der Waals surface area contributed by atoms with Gasteiger partial charge in [-0.15, -0.1) is 6.42 Å². The Morgan fingerprint density at radius 2 is 2.19 bits per heavy atom. The second-order valence-corrected chi connectivity index (χ2v) is 3.75. The molecule has 0 amide bonds. The summed E-state index contributed by atoms with van der Waals surface area (Å²) in [4.78, 5) is 0. The molecule has 84 valence electrons. The van der Waals surface area contributed by atoms with E-state index in [1.165, 1.54) is 0 Å². The van der Waals surface area contributed by atoms with Gasteiger partial charge < -0.3 is 14.6 Å². The number of hydrogen-bond donors (Lipinski definition) is 1. The molecule has 3 nitrogen and oxygen atoms in total. The molecule has 0 spiro atoms. The molecule has 1 fully saturated rings. The van der Waals surface area contributed by atoms with Gasteiger partial charge in [0.2, 0.25) is 0 Å². The second kappa shape index (κ2) is 5.13. The molecule has 3 atom stereocenters. The van der Waals surface area contributed by atoms with Crippen LogP contribution in [0.5, 0.6) is 0 Å². The summed E-state index contributed by atoms with van der Waals surface area (Å²) in [5.74, 6) is 2.47. The number of terminal acetylenes is 1. The molecular weight excluding hydrogens is 204 g/mol. The minimum atomic E-state index is -0.634. The maximum atomic E-state index is 9.62. The Morgan fingerprint density at radius 1 is 1.44 bits per heavy atom. The first kappa shape index (κ1) is 11.2. The van der Waals surface area contributed by atoms with Crippen LogP contribution in [0.3, 0.4) is 0 Å². The van der Waals surface area contributed by atoms with Crippen LogP contribution in [-0.4, -0.2) is 30.0 Å². The Hall–Kier alpha value is -1.34. The first-order chi connectivity index (χ1) is 7.81. The molecule has 2 rings (SSSR count). The highest BCUT2D eigenvalue weighted by atomic mass is 16.6. The predicted octanol–water partition coefficient (Wildman–Crippen LogP) is 0.965. The zero-order valence-electron chi connectivity index (χ0n) is 8.87. The Bertz CT molecular complexity index is 369. The van der Waals surface area contributed by atoms with Gasteiger partial charge in [0.15, 0.2) is 0 Å². The average Bonchev–Trinajstić information content (AvgIpc) is 2.69. The Labute approximate surface area is 95.0 Å². The highest BCUT2D eigenvalue weighted by Crippen LogP contribution is 2.18. The molecular formula is C13H14O3. The van der Waals surface area contributed by atoms with Crippen LogP contribution in [0.4, 0.5) is 0 Å². The van der Waals surface area contributed by atoms with Crippen molar-refractivity contribution in [3.63, 3.8) is 0 Å². The van der Waals surface area contributed by atoms with E-state index in [1.807, 2.05) is 30.3 Å². The first-order valence-electron chi connectivity index (χ1n) is 5.22. The molecule has 0 aromatic heterocycles. The van der Waals surface area contributed by atoms with E-state index < -0.39 is 18.3 Å². The van der Waals surface area contributed by atoms with Crippen molar-refractivity contribution >= 4 is 0 Å². The fraction of sp³-hybridized carbons (Fsp3) is 0.385. The van der Waals surface area contributed by atoms with Crippen molar-refractivity contribution in [2.24, 2.45) is 0 Å². The predicted molar refractivity (Wildman–Crippen MR) is 59.6 cm³/mol. The van der Waals surface area contributed by atoms with Gasteiger partial charge in [0.25, 0.3) is 0 Å². The number of benzene rings is 1. The minimum absolute atomic E-state index is 0.244. The lowest BCUT2D eigenvalue weighted by Gasteiger charge is -2.17. The monoisotopic (exact) mass is 218 g/mol. The van der Waals surface area contributed by atoms with E-state index in [4.69, 9.17) is 15.9 Å². The summed E-state index contributed by atoms with van der Waals surface area (Å²) in [5.41, 5.74) is 1.05. The van der Waals surface area contributed by atoms with Gasteiger partial charge in [0.1, 0.15) is 18.3 Å². The van der Waals surface area contributed by atoms with Crippen LogP contribution in [0.15, 0.2) is 30.3 Å². The highest BCUT2D eigenvalue weighted by molar-refractivity contribution is 5.14. The van der Waals surface area contributed by atoms with Crippen molar-refractivity contribution in [3.8, 4) is 12.3 Å². The van der Waals surface area contributed by atoms with Gasteiger partial charge in [-0.2, -0.15) is 0 Å². The fourth-order valence-electron chi connectivity index (χ4n) is 1.70. The van der Waals surface area contributed by atoms with Crippen LogP contribution in [0.2, 0.25) is 0 Å². The molecule has 0 bridgehead atoms. The molecule has 0 aliphatic carbocycles. The number of aliphatic hydroxyl groups is 1. The summed E-state index contributed by atoms with van der Waals surface area (Å²) in [5, 5.41) is 9.62. The van der Waals surface area contributed by atoms with Gasteiger partial charge in [-0.3, -0.25) is 0 Å². The van der Waals surface area contributed by atoms with Crippen LogP contribution < -0.4 is 0 Å². The summed E-state index contributed by atoms with van der Waals surface area (Å²) >= 11 is 0. The Balaban J connectivity index is 1.92. The van der Waals surface area contributed by atoms with Crippen molar-refractivity contribution in [1.82, 2.24) is 0 Å². The standard InChI is InChI=1S/C13H14O3/c1-2-12-13(11(14)9-15-12)16-8-10-6-4-3-5-7-10/h1,3-7,11-14H,8-9H2/t11-,12-,13+/m1/s1. The molecule has 1 aliphatic heterocycles. The van der Waals surface area contributed by atoms with Gasteiger partial charge in [-0.1, -0.05) is 36.3 Å². The Morgan fingerprint density at radius 3 is 2.88 bits per heavy atom.